The monoisotopic (exact) mass is 292 g/mol. The van der Waals surface area contributed by atoms with Gasteiger partial charge >= 0.3 is 0 Å². The molecule has 0 bridgehead atoms. The minimum atomic E-state index is -0.699. The predicted octanol–water partition coefficient (Wildman–Crippen LogP) is 2.14. The molecule has 1 saturated heterocycles. The summed E-state index contributed by atoms with van der Waals surface area (Å²) in [6, 6.07) is 7.96. The average molecular weight is 292 g/mol. The van der Waals surface area contributed by atoms with Crippen LogP contribution in [0, 0.1) is 0 Å². The number of rotatable bonds is 7. The van der Waals surface area contributed by atoms with Gasteiger partial charge in [-0.1, -0.05) is 19.1 Å². The van der Waals surface area contributed by atoms with Gasteiger partial charge in [-0.25, -0.2) is 0 Å². The fourth-order valence-corrected chi connectivity index (χ4v) is 3.24. The minimum Gasteiger partial charge on any atom is -0.494 e. The van der Waals surface area contributed by atoms with Crippen LogP contribution in [0.3, 0.4) is 0 Å². The van der Waals surface area contributed by atoms with E-state index in [1.165, 1.54) is 32.4 Å². The van der Waals surface area contributed by atoms with Crippen molar-refractivity contribution in [2.24, 2.45) is 0 Å². The van der Waals surface area contributed by atoms with E-state index in [0.29, 0.717) is 6.61 Å². The second kappa shape index (κ2) is 7.81. The normalized spacial score (nSPS) is 19.2. The molecule has 2 N–H and O–H groups in total. The molecule has 0 radical (unpaired) electrons. The average Bonchev–Trinajstić information content (AvgIpc) is 2.54. The van der Waals surface area contributed by atoms with Gasteiger partial charge in [0, 0.05) is 6.42 Å². The van der Waals surface area contributed by atoms with Crippen LogP contribution in [0.5, 0.6) is 5.75 Å². The summed E-state index contributed by atoms with van der Waals surface area (Å²) < 4.78 is 5.48. The maximum atomic E-state index is 11.0. The Balaban J connectivity index is 1.97. The van der Waals surface area contributed by atoms with Crippen LogP contribution >= 0.6 is 0 Å². The molecule has 0 amide bonds. The van der Waals surface area contributed by atoms with Crippen molar-refractivity contribution in [3.8, 4) is 5.75 Å². The van der Waals surface area contributed by atoms with E-state index in [9.17, 15) is 5.11 Å². The maximum absolute atomic E-state index is 11.0. The van der Waals surface area contributed by atoms with Gasteiger partial charge in [-0.2, -0.15) is 0 Å². The number of aliphatic hydroxyl groups is 1. The second-order valence-electron chi connectivity index (χ2n) is 6.15. The number of piperidine rings is 1. The van der Waals surface area contributed by atoms with Gasteiger partial charge in [-0.15, -0.1) is 0 Å². The molecule has 3 heteroatoms. The number of likely N-dealkylation sites (tertiary alicyclic amines) is 1. The van der Waals surface area contributed by atoms with Crippen molar-refractivity contribution in [2.45, 2.75) is 51.6 Å². The number of hydrogen-bond donors (Lipinski definition) is 2. The summed E-state index contributed by atoms with van der Waals surface area (Å²) in [5, 5.41) is 11.0. The highest BCUT2D eigenvalue weighted by Crippen LogP contribution is 2.29. The number of ether oxygens (including phenoxy) is 1. The number of hydrogen-bond acceptors (Lipinski definition) is 2. The molecule has 0 spiro atoms. The molecule has 0 saturated carbocycles. The van der Waals surface area contributed by atoms with E-state index in [1.54, 1.807) is 4.90 Å². The predicted molar refractivity (Wildman–Crippen MR) is 85.8 cm³/mol. The van der Waals surface area contributed by atoms with Crippen LogP contribution in [-0.4, -0.2) is 31.3 Å². The lowest BCUT2D eigenvalue weighted by Gasteiger charge is -2.31. The Kier molecular flexibility index (Phi) is 6.07. The van der Waals surface area contributed by atoms with Crippen LogP contribution in [-0.2, 0) is 5.60 Å². The van der Waals surface area contributed by atoms with E-state index in [4.69, 9.17) is 4.74 Å². The van der Waals surface area contributed by atoms with Gasteiger partial charge in [-0.05, 0) is 50.3 Å². The smallest absolute Gasteiger partial charge is 0.119 e. The zero-order valence-corrected chi connectivity index (χ0v) is 13.5. The standard InChI is InChI=1S/C18H29NO2/c1-3-18(20,12-15-19-13-6-5-7-14-19)16-8-10-17(11-9-16)21-4-2/h8-11,20H,3-7,12-15H2,1-2H3/p+1. The van der Waals surface area contributed by atoms with Gasteiger partial charge in [0.1, 0.15) is 5.75 Å². The van der Waals surface area contributed by atoms with E-state index in [1.807, 2.05) is 31.2 Å². The Morgan fingerprint density at radius 1 is 1.10 bits per heavy atom. The third-order valence-corrected chi connectivity index (χ3v) is 4.74. The van der Waals surface area contributed by atoms with Crippen molar-refractivity contribution in [3.63, 3.8) is 0 Å². The van der Waals surface area contributed by atoms with Crippen molar-refractivity contribution < 1.29 is 14.7 Å². The Morgan fingerprint density at radius 3 is 2.33 bits per heavy atom. The van der Waals surface area contributed by atoms with Crippen LogP contribution in [0.4, 0.5) is 0 Å². The lowest BCUT2D eigenvalue weighted by atomic mass is 9.87. The van der Waals surface area contributed by atoms with Crippen molar-refractivity contribution in [1.29, 1.82) is 0 Å². The molecule has 1 aromatic rings. The fourth-order valence-electron chi connectivity index (χ4n) is 3.24. The van der Waals surface area contributed by atoms with E-state index >= 15 is 0 Å². The molecule has 1 aliphatic rings. The summed E-state index contributed by atoms with van der Waals surface area (Å²) in [5.41, 5.74) is 0.319. The summed E-state index contributed by atoms with van der Waals surface area (Å²) in [4.78, 5) is 1.65. The van der Waals surface area contributed by atoms with Gasteiger partial charge in [0.2, 0.25) is 0 Å². The van der Waals surface area contributed by atoms with Crippen molar-refractivity contribution in [3.05, 3.63) is 29.8 Å². The molecule has 0 aliphatic carbocycles. The van der Waals surface area contributed by atoms with Gasteiger partial charge in [0.05, 0.1) is 31.8 Å². The molecule has 1 aliphatic heterocycles. The minimum absolute atomic E-state index is 0.676. The molecule has 21 heavy (non-hydrogen) atoms. The highest BCUT2D eigenvalue weighted by molar-refractivity contribution is 5.30. The Labute approximate surface area is 128 Å². The summed E-state index contributed by atoms with van der Waals surface area (Å²) >= 11 is 0. The molecule has 3 nitrogen and oxygen atoms in total. The summed E-state index contributed by atoms with van der Waals surface area (Å²) in [5.74, 6) is 0.876. The number of nitrogens with one attached hydrogen (secondary N) is 1. The van der Waals surface area contributed by atoms with Gasteiger partial charge in [-0.3, -0.25) is 0 Å². The lowest BCUT2D eigenvalue weighted by Crippen LogP contribution is -3.13. The van der Waals surface area contributed by atoms with E-state index in [-0.39, 0.29) is 0 Å². The highest BCUT2D eigenvalue weighted by Gasteiger charge is 2.29. The number of quaternary nitrogens is 1. The Bertz CT molecular complexity index is 412. The van der Waals surface area contributed by atoms with Crippen LogP contribution in [0.15, 0.2) is 24.3 Å². The van der Waals surface area contributed by atoms with Crippen LogP contribution < -0.4 is 9.64 Å². The molecule has 2 rings (SSSR count). The molecule has 1 heterocycles. The van der Waals surface area contributed by atoms with Gasteiger partial charge in [0.25, 0.3) is 0 Å². The molecule has 1 aromatic carbocycles. The summed E-state index contributed by atoms with van der Waals surface area (Å²) in [6.07, 6.45) is 5.65. The molecular weight excluding hydrogens is 262 g/mol. The molecule has 1 unspecified atom stereocenters. The first-order chi connectivity index (χ1) is 10.2. The van der Waals surface area contributed by atoms with E-state index in [2.05, 4.69) is 6.92 Å². The quantitative estimate of drug-likeness (QED) is 0.807. The molecule has 1 fully saturated rings. The molecule has 1 atom stereocenters. The van der Waals surface area contributed by atoms with Crippen molar-refractivity contribution >= 4 is 0 Å². The molecular formula is C18H30NO2+. The van der Waals surface area contributed by atoms with Crippen molar-refractivity contribution in [1.82, 2.24) is 0 Å². The lowest BCUT2D eigenvalue weighted by molar-refractivity contribution is -0.905. The molecule has 0 aromatic heterocycles. The first kappa shape index (κ1) is 16.3. The SMILES string of the molecule is CCOc1ccc(C(O)(CC)CC[NH+]2CCCCC2)cc1. The van der Waals surface area contributed by atoms with Gasteiger partial charge in [0.15, 0.2) is 0 Å². The first-order valence-corrected chi connectivity index (χ1v) is 8.47. The van der Waals surface area contributed by atoms with Crippen LogP contribution in [0.2, 0.25) is 0 Å². The second-order valence-corrected chi connectivity index (χ2v) is 6.15. The zero-order valence-electron chi connectivity index (χ0n) is 13.5. The van der Waals surface area contributed by atoms with Gasteiger partial charge < -0.3 is 14.7 Å². The largest absolute Gasteiger partial charge is 0.494 e. The summed E-state index contributed by atoms with van der Waals surface area (Å²) in [7, 11) is 0. The topological polar surface area (TPSA) is 33.9 Å². The Morgan fingerprint density at radius 2 is 1.76 bits per heavy atom. The van der Waals surface area contributed by atoms with Crippen molar-refractivity contribution in [2.75, 3.05) is 26.2 Å². The first-order valence-electron chi connectivity index (χ1n) is 8.47. The zero-order chi connectivity index (χ0) is 15.1. The summed E-state index contributed by atoms with van der Waals surface area (Å²) in [6.45, 7) is 8.33. The third kappa shape index (κ3) is 4.45. The van der Waals surface area contributed by atoms with E-state index < -0.39 is 5.60 Å². The van der Waals surface area contributed by atoms with Crippen LogP contribution in [0.25, 0.3) is 0 Å². The van der Waals surface area contributed by atoms with E-state index in [0.717, 1.165) is 30.7 Å². The Hall–Kier alpha value is -1.06. The maximum Gasteiger partial charge on any atom is 0.119 e. The van der Waals surface area contributed by atoms with Crippen LogP contribution in [0.1, 0.15) is 51.5 Å². The number of benzene rings is 1. The third-order valence-electron chi connectivity index (χ3n) is 4.74. The highest BCUT2D eigenvalue weighted by atomic mass is 16.5. The fraction of sp³-hybridized carbons (Fsp3) is 0.667. The molecule has 118 valence electrons.